The van der Waals surface area contributed by atoms with Crippen LogP contribution in [0.4, 0.5) is 5.69 Å². The van der Waals surface area contributed by atoms with Crippen LogP contribution in [0.3, 0.4) is 0 Å². The average molecular weight is 432 g/mol. The third kappa shape index (κ3) is 5.32. The lowest BCUT2D eigenvalue weighted by molar-refractivity contribution is -0.126. The van der Waals surface area contributed by atoms with E-state index < -0.39 is 5.91 Å². The summed E-state index contributed by atoms with van der Waals surface area (Å²) < 4.78 is 5.09. The molecular formula is C20H25N5O4S. The smallest absolute Gasteiger partial charge is 0.286 e. The lowest BCUT2D eigenvalue weighted by atomic mass is 9.97. The van der Waals surface area contributed by atoms with Crippen LogP contribution in [0.1, 0.15) is 46.3 Å². The minimum atomic E-state index is -0.440. The quantitative estimate of drug-likeness (QED) is 0.725. The Hall–Kier alpha value is -3.01. The van der Waals surface area contributed by atoms with E-state index in [0.29, 0.717) is 24.5 Å². The van der Waals surface area contributed by atoms with Crippen LogP contribution < -0.4 is 15.4 Å². The summed E-state index contributed by atoms with van der Waals surface area (Å²) >= 11 is 0.939. The van der Waals surface area contributed by atoms with E-state index in [1.165, 1.54) is 0 Å². The molecule has 2 heterocycles. The lowest BCUT2D eigenvalue weighted by Crippen LogP contribution is -2.46. The van der Waals surface area contributed by atoms with Gasteiger partial charge < -0.3 is 20.3 Å². The van der Waals surface area contributed by atoms with Gasteiger partial charge in [-0.15, -0.1) is 10.2 Å². The Morgan fingerprint density at radius 3 is 2.53 bits per heavy atom. The maximum atomic E-state index is 12.8. The fraction of sp³-hybridized carbons (Fsp3) is 0.450. The van der Waals surface area contributed by atoms with Gasteiger partial charge in [-0.25, -0.2) is 0 Å². The van der Waals surface area contributed by atoms with Crippen molar-refractivity contribution in [1.82, 2.24) is 20.4 Å². The van der Waals surface area contributed by atoms with E-state index in [2.05, 4.69) is 20.8 Å². The highest BCUT2D eigenvalue weighted by molar-refractivity contribution is 7.15. The minimum Gasteiger partial charge on any atom is -0.497 e. The van der Waals surface area contributed by atoms with Crippen molar-refractivity contribution in [1.29, 1.82) is 0 Å². The Labute approximate surface area is 178 Å². The van der Waals surface area contributed by atoms with Crippen LogP contribution in [0.25, 0.3) is 0 Å². The summed E-state index contributed by atoms with van der Waals surface area (Å²) in [6.07, 6.45) is 1.49. The largest absolute Gasteiger partial charge is 0.497 e. The normalized spacial score (nSPS) is 16.3. The number of amides is 3. The molecule has 160 valence electrons. The highest BCUT2D eigenvalue weighted by Gasteiger charge is 2.31. The van der Waals surface area contributed by atoms with Crippen molar-refractivity contribution in [2.45, 2.75) is 32.7 Å². The summed E-state index contributed by atoms with van der Waals surface area (Å²) in [5.41, 5.74) is 0.582. The first kappa shape index (κ1) is 21.7. The number of ether oxygens (including phenoxy) is 1. The third-order valence-corrected chi connectivity index (χ3v) is 5.57. The molecular weight excluding hydrogens is 406 g/mol. The molecule has 3 rings (SSSR count). The Morgan fingerprint density at radius 1 is 1.17 bits per heavy atom. The Morgan fingerprint density at radius 2 is 1.87 bits per heavy atom. The molecule has 10 heteroatoms. The van der Waals surface area contributed by atoms with Gasteiger partial charge in [0.25, 0.3) is 11.8 Å². The van der Waals surface area contributed by atoms with Crippen molar-refractivity contribution in [3.63, 3.8) is 0 Å². The van der Waals surface area contributed by atoms with E-state index >= 15 is 0 Å². The number of benzene rings is 1. The fourth-order valence-electron chi connectivity index (χ4n) is 3.17. The molecule has 1 aliphatic rings. The highest BCUT2D eigenvalue weighted by Crippen LogP contribution is 2.21. The predicted molar refractivity (Wildman–Crippen MR) is 113 cm³/mol. The molecule has 0 saturated carbocycles. The molecule has 9 nitrogen and oxygen atoms in total. The van der Waals surface area contributed by atoms with Crippen LogP contribution in [0.15, 0.2) is 24.3 Å². The zero-order chi connectivity index (χ0) is 21.7. The van der Waals surface area contributed by atoms with Gasteiger partial charge in [-0.2, -0.15) is 0 Å². The first-order valence-corrected chi connectivity index (χ1v) is 10.6. The average Bonchev–Trinajstić information content (AvgIpc) is 3.24. The summed E-state index contributed by atoms with van der Waals surface area (Å²) in [7, 11) is 1.56. The molecule has 0 aliphatic carbocycles. The molecule has 2 N–H and O–H groups in total. The number of anilines is 1. The molecule has 1 atom stereocenters. The standard InChI is InChI=1S/C20H25N5O4S/c1-12(2)21-16(26)13-5-4-10-25(11-13)20(28)19-24-23-18(30-19)17(27)22-14-6-8-15(29-3)9-7-14/h6-9,12-13H,4-5,10-11H2,1-3H3,(H,21,26)(H,22,27). The van der Waals surface area contributed by atoms with Gasteiger partial charge in [0, 0.05) is 24.8 Å². The maximum absolute atomic E-state index is 12.8. The molecule has 0 radical (unpaired) electrons. The molecule has 0 spiro atoms. The Bertz CT molecular complexity index is 912. The van der Waals surface area contributed by atoms with Crippen molar-refractivity contribution in [2.24, 2.45) is 5.92 Å². The number of nitrogens with zero attached hydrogens (tertiary/aromatic N) is 3. The van der Waals surface area contributed by atoms with Crippen LogP contribution in [0.2, 0.25) is 0 Å². The number of nitrogens with one attached hydrogen (secondary N) is 2. The highest BCUT2D eigenvalue weighted by atomic mass is 32.1. The van der Waals surface area contributed by atoms with E-state index in [4.69, 9.17) is 4.74 Å². The third-order valence-electron chi connectivity index (χ3n) is 4.66. The van der Waals surface area contributed by atoms with E-state index in [0.717, 1.165) is 24.2 Å². The van der Waals surface area contributed by atoms with Gasteiger partial charge in [0.15, 0.2) is 0 Å². The number of hydrogen-bond acceptors (Lipinski definition) is 7. The molecule has 2 aromatic rings. The van der Waals surface area contributed by atoms with Crippen LogP contribution in [-0.4, -0.2) is 59.1 Å². The first-order chi connectivity index (χ1) is 14.4. The van der Waals surface area contributed by atoms with Gasteiger partial charge in [0.05, 0.1) is 13.0 Å². The van der Waals surface area contributed by atoms with Crippen molar-refractivity contribution < 1.29 is 19.1 Å². The SMILES string of the molecule is COc1ccc(NC(=O)c2nnc(C(=O)N3CCCC(C(=O)NC(C)C)C3)s2)cc1. The Kier molecular flexibility index (Phi) is 6.99. The number of carbonyl (C=O) groups is 3. The lowest BCUT2D eigenvalue weighted by Gasteiger charge is -2.31. The van der Waals surface area contributed by atoms with Gasteiger partial charge in [-0.1, -0.05) is 11.3 Å². The molecule has 0 bridgehead atoms. The molecule has 1 aromatic heterocycles. The van der Waals surface area contributed by atoms with Gasteiger partial charge in [0.1, 0.15) is 5.75 Å². The van der Waals surface area contributed by atoms with Gasteiger partial charge >= 0.3 is 0 Å². The van der Waals surface area contributed by atoms with Crippen molar-refractivity contribution in [2.75, 3.05) is 25.5 Å². The van der Waals surface area contributed by atoms with Gasteiger partial charge in [-0.3, -0.25) is 14.4 Å². The van der Waals surface area contributed by atoms with E-state index in [9.17, 15) is 14.4 Å². The van der Waals surface area contributed by atoms with Gasteiger partial charge in [0.2, 0.25) is 15.9 Å². The number of likely N-dealkylation sites (tertiary alicyclic amines) is 1. The van der Waals surface area contributed by atoms with Crippen LogP contribution in [0, 0.1) is 5.92 Å². The molecule has 1 aromatic carbocycles. The van der Waals surface area contributed by atoms with E-state index in [-0.39, 0.29) is 33.8 Å². The van der Waals surface area contributed by atoms with Crippen molar-refractivity contribution in [3.05, 3.63) is 34.3 Å². The number of aromatic nitrogens is 2. The number of methoxy groups -OCH3 is 1. The molecule has 1 aliphatic heterocycles. The molecule has 1 unspecified atom stereocenters. The zero-order valence-corrected chi connectivity index (χ0v) is 18.0. The maximum Gasteiger partial charge on any atom is 0.286 e. The second kappa shape index (κ2) is 9.66. The molecule has 30 heavy (non-hydrogen) atoms. The van der Waals surface area contributed by atoms with E-state index in [1.807, 2.05) is 13.8 Å². The topological polar surface area (TPSA) is 114 Å². The number of rotatable bonds is 6. The van der Waals surface area contributed by atoms with Crippen LogP contribution >= 0.6 is 11.3 Å². The summed E-state index contributed by atoms with van der Waals surface area (Å²) in [6, 6.07) is 6.93. The second-order valence-electron chi connectivity index (χ2n) is 7.35. The number of carbonyl (C=O) groups excluding carboxylic acids is 3. The summed E-state index contributed by atoms with van der Waals surface area (Å²) in [5, 5.41) is 13.6. The van der Waals surface area contributed by atoms with Crippen molar-refractivity contribution in [3.8, 4) is 5.75 Å². The Balaban J connectivity index is 1.62. The first-order valence-electron chi connectivity index (χ1n) is 9.76. The van der Waals surface area contributed by atoms with Gasteiger partial charge in [-0.05, 0) is 51.0 Å². The number of piperidine rings is 1. The van der Waals surface area contributed by atoms with E-state index in [1.54, 1.807) is 36.3 Å². The minimum absolute atomic E-state index is 0.0423. The van der Waals surface area contributed by atoms with Crippen LogP contribution in [0.5, 0.6) is 5.75 Å². The molecule has 1 fully saturated rings. The fourth-order valence-corrected chi connectivity index (χ4v) is 3.88. The monoisotopic (exact) mass is 431 g/mol. The predicted octanol–water partition coefficient (Wildman–Crippen LogP) is 2.18. The molecule has 3 amide bonds. The summed E-state index contributed by atoms with van der Waals surface area (Å²) in [6.45, 7) is 4.70. The summed E-state index contributed by atoms with van der Waals surface area (Å²) in [4.78, 5) is 39.1. The number of hydrogen-bond donors (Lipinski definition) is 2. The summed E-state index contributed by atoms with van der Waals surface area (Å²) in [5.74, 6) is -0.350. The zero-order valence-electron chi connectivity index (χ0n) is 17.2. The molecule has 1 saturated heterocycles. The second-order valence-corrected chi connectivity index (χ2v) is 8.33. The van der Waals surface area contributed by atoms with Crippen LogP contribution in [-0.2, 0) is 4.79 Å². The van der Waals surface area contributed by atoms with Crippen molar-refractivity contribution >= 4 is 34.7 Å².